The molecule has 0 fully saturated rings. The van der Waals surface area contributed by atoms with E-state index in [0.29, 0.717) is 15.9 Å². The number of hydrogen-bond acceptors (Lipinski definition) is 3. The minimum atomic E-state index is -0.945. The number of halogens is 1. The van der Waals surface area contributed by atoms with Gasteiger partial charge in [0.25, 0.3) is 5.91 Å². The number of carbonyl (C=O) groups excluding carboxylic acids is 1. The Morgan fingerprint density at radius 1 is 1.19 bits per heavy atom. The summed E-state index contributed by atoms with van der Waals surface area (Å²) in [5.41, 5.74) is 1.11. The van der Waals surface area contributed by atoms with Gasteiger partial charge in [-0.15, -0.1) is 0 Å². The fraction of sp³-hybridized carbons (Fsp3) is 0.133. The average Bonchev–Trinajstić information content (AvgIpc) is 2.48. The zero-order valence-electron chi connectivity index (χ0n) is 11.1. The Morgan fingerprint density at radius 3 is 2.52 bits per heavy atom. The van der Waals surface area contributed by atoms with Crippen LogP contribution in [0.2, 0.25) is 0 Å². The number of nitrogens with zero attached hydrogens (tertiary/aromatic N) is 2. The summed E-state index contributed by atoms with van der Waals surface area (Å²) in [6.07, 6.45) is 1.41. The van der Waals surface area contributed by atoms with Crippen LogP contribution in [0.15, 0.2) is 53.3 Å². The second-order valence-electron chi connectivity index (χ2n) is 4.30. The number of aromatic nitrogens is 1. The fourth-order valence-corrected chi connectivity index (χ4v) is 2.22. The Kier molecular flexibility index (Phi) is 5.05. The second kappa shape index (κ2) is 6.99. The van der Waals surface area contributed by atoms with E-state index >= 15 is 0 Å². The van der Waals surface area contributed by atoms with Crippen LogP contribution in [0.1, 0.15) is 16.8 Å². The second-order valence-corrected chi connectivity index (χ2v) is 5.12. The summed E-state index contributed by atoms with van der Waals surface area (Å²) in [7, 11) is 0. The Morgan fingerprint density at radius 2 is 1.90 bits per heavy atom. The zero-order chi connectivity index (χ0) is 15.2. The van der Waals surface area contributed by atoms with E-state index in [2.05, 4.69) is 20.9 Å². The van der Waals surface area contributed by atoms with Crippen LogP contribution < -0.4 is 4.90 Å². The highest BCUT2D eigenvalue weighted by Gasteiger charge is 2.18. The number of carbonyl (C=O) groups is 2. The van der Waals surface area contributed by atoms with E-state index in [1.165, 1.54) is 11.1 Å². The summed E-state index contributed by atoms with van der Waals surface area (Å²) in [4.78, 5) is 28.8. The normalized spacial score (nSPS) is 10.1. The summed E-state index contributed by atoms with van der Waals surface area (Å²) >= 11 is 3.22. The molecule has 5 nitrogen and oxygen atoms in total. The SMILES string of the molecule is O=C(O)CCN(C(=O)c1ccnc(Br)c1)c1ccccc1. The molecule has 0 aliphatic carbocycles. The van der Waals surface area contributed by atoms with E-state index < -0.39 is 5.97 Å². The summed E-state index contributed by atoms with van der Waals surface area (Å²) in [5.74, 6) is -1.20. The van der Waals surface area contributed by atoms with Gasteiger partial charge >= 0.3 is 5.97 Å². The number of hydrogen-bond donors (Lipinski definition) is 1. The van der Waals surface area contributed by atoms with E-state index in [-0.39, 0.29) is 18.9 Å². The molecule has 1 aromatic carbocycles. The van der Waals surface area contributed by atoms with Crippen molar-refractivity contribution in [1.82, 2.24) is 4.98 Å². The van der Waals surface area contributed by atoms with Gasteiger partial charge in [-0.25, -0.2) is 4.98 Å². The highest BCUT2D eigenvalue weighted by Crippen LogP contribution is 2.18. The lowest BCUT2D eigenvalue weighted by Gasteiger charge is -2.22. The Hall–Kier alpha value is -2.21. The molecule has 1 N–H and O–H groups in total. The lowest BCUT2D eigenvalue weighted by Crippen LogP contribution is -2.33. The van der Waals surface area contributed by atoms with Crippen LogP contribution in [0.5, 0.6) is 0 Å². The molecule has 0 aliphatic rings. The third-order valence-electron chi connectivity index (χ3n) is 2.84. The van der Waals surface area contributed by atoms with Crippen molar-refractivity contribution in [3.63, 3.8) is 0 Å². The Balaban J connectivity index is 2.30. The van der Waals surface area contributed by atoms with Crippen molar-refractivity contribution in [2.75, 3.05) is 11.4 Å². The topological polar surface area (TPSA) is 70.5 Å². The van der Waals surface area contributed by atoms with Crippen molar-refractivity contribution in [2.24, 2.45) is 0 Å². The Bertz CT molecular complexity index is 646. The molecule has 0 bridgehead atoms. The van der Waals surface area contributed by atoms with E-state index in [1.807, 2.05) is 6.07 Å². The van der Waals surface area contributed by atoms with Crippen molar-refractivity contribution < 1.29 is 14.7 Å². The van der Waals surface area contributed by atoms with Crippen LogP contribution in [0, 0.1) is 0 Å². The maximum absolute atomic E-state index is 12.6. The van der Waals surface area contributed by atoms with Gasteiger partial charge in [-0.3, -0.25) is 9.59 Å². The lowest BCUT2D eigenvalue weighted by atomic mass is 10.2. The quantitative estimate of drug-likeness (QED) is 0.843. The van der Waals surface area contributed by atoms with Gasteiger partial charge in [-0.05, 0) is 40.2 Å². The van der Waals surface area contributed by atoms with Crippen molar-refractivity contribution in [1.29, 1.82) is 0 Å². The molecule has 0 radical (unpaired) electrons. The molecule has 1 heterocycles. The molecule has 108 valence electrons. The summed E-state index contributed by atoms with van der Waals surface area (Å²) < 4.78 is 0.555. The number of carboxylic acid groups (broad SMARTS) is 1. The minimum Gasteiger partial charge on any atom is -0.481 e. The predicted octanol–water partition coefficient (Wildman–Crippen LogP) is 2.97. The van der Waals surface area contributed by atoms with Crippen molar-refractivity contribution in [3.05, 3.63) is 58.8 Å². The van der Waals surface area contributed by atoms with Crippen LogP contribution in [-0.2, 0) is 4.79 Å². The smallest absolute Gasteiger partial charge is 0.305 e. The molecular weight excluding hydrogens is 336 g/mol. The molecule has 21 heavy (non-hydrogen) atoms. The maximum Gasteiger partial charge on any atom is 0.305 e. The van der Waals surface area contributed by atoms with Gasteiger partial charge in [-0.2, -0.15) is 0 Å². The van der Waals surface area contributed by atoms with Crippen molar-refractivity contribution in [3.8, 4) is 0 Å². The van der Waals surface area contributed by atoms with Gasteiger partial charge in [0.2, 0.25) is 0 Å². The van der Waals surface area contributed by atoms with Crippen LogP contribution in [0.4, 0.5) is 5.69 Å². The molecule has 6 heteroatoms. The van der Waals surface area contributed by atoms with Gasteiger partial charge in [0.15, 0.2) is 0 Å². The first-order valence-electron chi connectivity index (χ1n) is 6.28. The standard InChI is InChI=1S/C15H13BrN2O3/c16-13-10-11(6-8-17-13)15(21)18(9-7-14(19)20)12-4-2-1-3-5-12/h1-6,8,10H,7,9H2,(H,19,20). The summed E-state index contributed by atoms with van der Waals surface area (Å²) in [5, 5.41) is 8.85. The molecule has 0 atom stereocenters. The first kappa shape index (κ1) is 15.2. The first-order valence-corrected chi connectivity index (χ1v) is 7.07. The maximum atomic E-state index is 12.6. The first-order chi connectivity index (χ1) is 10.1. The number of carboxylic acids is 1. The van der Waals surface area contributed by atoms with Crippen molar-refractivity contribution >= 4 is 33.5 Å². The van der Waals surface area contributed by atoms with E-state index in [9.17, 15) is 9.59 Å². The van der Waals surface area contributed by atoms with Gasteiger partial charge in [-0.1, -0.05) is 18.2 Å². The van der Waals surface area contributed by atoms with Gasteiger partial charge < -0.3 is 10.0 Å². The molecule has 0 spiro atoms. The number of rotatable bonds is 5. The van der Waals surface area contributed by atoms with Gasteiger partial charge in [0, 0.05) is 24.0 Å². The third kappa shape index (κ3) is 4.13. The number of benzene rings is 1. The number of para-hydroxylation sites is 1. The predicted molar refractivity (Wildman–Crippen MR) is 82.3 cm³/mol. The van der Waals surface area contributed by atoms with Crippen LogP contribution in [0.3, 0.4) is 0 Å². The van der Waals surface area contributed by atoms with Gasteiger partial charge in [0.05, 0.1) is 6.42 Å². The monoisotopic (exact) mass is 348 g/mol. The molecule has 0 saturated carbocycles. The fourth-order valence-electron chi connectivity index (χ4n) is 1.85. The lowest BCUT2D eigenvalue weighted by molar-refractivity contribution is -0.136. The highest BCUT2D eigenvalue weighted by atomic mass is 79.9. The number of aliphatic carboxylic acids is 1. The average molecular weight is 349 g/mol. The summed E-state index contributed by atoms with van der Waals surface area (Å²) in [6.45, 7) is 0.109. The zero-order valence-corrected chi connectivity index (χ0v) is 12.7. The number of anilines is 1. The van der Waals surface area contributed by atoms with Crippen molar-refractivity contribution in [2.45, 2.75) is 6.42 Å². The number of amides is 1. The van der Waals surface area contributed by atoms with Crippen LogP contribution in [0.25, 0.3) is 0 Å². The molecule has 0 aliphatic heterocycles. The minimum absolute atomic E-state index is 0.109. The van der Waals surface area contributed by atoms with E-state index in [0.717, 1.165) is 0 Å². The van der Waals surface area contributed by atoms with E-state index in [4.69, 9.17) is 5.11 Å². The molecule has 0 saturated heterocycles. The molecule has 1 amide bonds. The van der Waals surface area contributed by atoms with Crippen LogP contribution in [-0.4, -0.2) is 28.5 Å². The van der Waals surface area contributed by atoms with Gasteiger partial charge in [0.1, 0.15) is 4.60 Å². The molecule has 2 rings (SSSR count). The molecule has 1 aromatic heterocycles. The molecular formula is C15H13BrN2O3. The van der Waals surface area contributed by atoms with E-state index in [1.54, 1.807) is 36.4 Å². The summed E-state index contributed by atoms with van der Waals surface area (Å²) in [6, 6.07) is 12.2. The third-order valence-corrected chi connectivity index (χ3v) is 3.27. The molecule has 2 aromatic rings. The number of pyridine rings is 1. The van der Waals surface area contributed by atoms with Crippen LogP contribution >= 0.6 is 15.9 Å². The molecule has 0 unspecified atom stereocenters. The largest absolute Gasteiger partial charge is 0.481 e. The highest BCUT2D eigenvalue weighted by molar-refractivity contribution is 9.10. The Labute approximate surface area is 130 Å².